The molecule has 0 fully saturated rings. The van der Waals surface area contributed by atoms with Crippen LogP contribution in [0, 0.1) is 6.92 Å². The summed E-state index contributed by atoms with van der Waals surface area (Å²) in [7, 11) is 1.30. The summed E-state index contributed by atoms with van der Waals surface area (Å²) in [4.78, 5) is 15.3. The van der Waals surface area contributed by atoms with E-state index >= 15 is 0 Å². The van der Waals surface area contributed by atoms with E-state index in [0.717, 1.165) is 22.1 Å². The molecular weight excluding hydrogens is 323 g/mol. The standard InChI is InChI=1S/C11H12F3N5O2S/c1-6-17-18-9(22-6)16-7(20)5-10(21,11(12,13)14)8-15-3-4-19(8)2/h3-4,21H,5H2,1-2H3,(H,16,18,20)/t10-/m0/s1. The molecular formula is C11H12F3N5O2S. The Morgan fingerprint density at radius 2 is 2.14 bits per heavy atom. The van der Waals surface area contributed by atoms with Crippen molar-refractivity contribution in [2.24, 2.45) is 7.05 Å². The number of carbonyl (C=O) groups is 1. The van der Waals surface area contributed by atoms with Gasteiger partial charge >= 0.3 is 6.18 Å². The second-order valence-corrected chi connectivity index (χ2v) is 5.75. The number of nitrogens with one attached hydrogen (secondary N) is 1. The van der Waals surface area contributed by atoms with Crippen molar-refractivity contribution in [1.29, 1.82) is 0 Å². The SMILES string of the molecule is Cc1nnc(NC(=O)C[C@](O)(c2nccn2C)C(F)(F)F)s1. The molecule has 0 spiro atoms. The molecule has 0 saturated heterocycles. The van der Waals surface area contributed by atoms with Gasteiger partial charge in [-0.3, -0.25) is 4.79 Å². The van der Waals surface area contributed by atoms with Gasteiger partial charge in [0.2, 0.25) is 16.6 Å². The molecule has 0 bridgehead atoms. The van der Waals surface area contributed by atoms with Crippen molar-refractivity contribution in [2.45, 2.75) is 25.1 Å². The number of anilines is 1. The summed E-state index contributed by atoms with van der Waals surface area (Å²) in [6.07, 6.45) is -3.95. The summed E-state index contributed by atoms with van der Waals surface area (Å²) in [5, 5.41) is 20.0. The van der Waals surface area contributed by atoms with Crippen LogP contribution in [0.2, 0.25) is 0 Å². The lowest BCUT2D eigenvalue weighted by atomic mass is 9.97. The molecule has 0 aliphatic rings. The van der Waals surface area contributed by atoms with E-state index in [0.29, 0.717) is 5.01 Å². The lowest BCUT2D eigenvalue weighted by Crippen LogP contribution is -2.46. The van der Waals surface area contributed by atoms with E-state index in [-0.39, 0.29) is 5.13 Å². The Hall–Kier alpha value is -2.01. The monoisotopic (exact) mass is 335 g/mol. The first-order valence-electron chi connectivity index (χ1n) is 6.00. The van der Waals surface area contributed by atoms with Crippen LogP contribution >= 0.6 is 11.3 Å². The third kappa shape index (κ3) is 3.09. The number of hydrogen-bond acceptors (Lipinski definition) is 6. The number of amides is 1. The van der Waals surface area contributed by atoms with E-state index in [1.54, 1.807) is 6.92 Å². The molecule has 22 heavy (non-hydrogen) atoms. The third-order valence-electron chi connectivity index (χ3n) is 2.85. The quantitative estimate of drug-likeness (QED) is 0.880. The van der Waals surface area contributed by atoms with Gasteiger partial charge in [-0.1, -0.05) is 11.3 Å². The Labute approximate surface area is 126 Å². The predicted octanol–water partition coefficient (Wildman–Crippen LogP) is 1.36. The molecule has 0 radical (unpaired) electrons. The van der Waals surface area contributed by atoms with Crippen LogP contribution in [0.5, 0.6) is 0 Å². The summed E-state index contributed by atoms with van der Waals surface area (Å²) >= 11 is 1.01. The van der Waals surface area contributed by atoms with Gasteiger partial charge in [-0.05, 0) is 6.92 Å². The van der Waals surface area contributed by atoms with Crippen LogP contribution in [-0.4, -0.2) is 36.9 Å². The van der Waals surface area contributed by atoms with Gasteiger partial charge in [0.25, 0.3) is 0 Å². The molecule has 7 nitrogen and oxygen atoms in total. The lowest BCUT2D eigenvalue weighted by Gasteiger charge is -2.29. The Morgan fingerprint density at radius 1 is 1.45 bits per heavy atom. The van der Waals surface area contributed by atoms with Crippen LogP contribution in [0.25, 0.3) is 0 Å². The van der Waals surface area contributed by atoms with E-state index in [4.69, 9.17) is 0 Å². The molecule has 0 unspecified atom stereocenters. The van der Waals surface area contributed by atoms with Gasteiger partial charge in [0.1, 0.15) is 5.01 Å². The predicted molar refractivity (Wildman–Crippen MR) is 71.1 cm³/mol. The van der Waals surface area contributed by atoms with Crippen molar-refractivity contribution in [1.82, 2.24) is 19.7 Å². The highest BCUT2D eigenvalue weighted by molar-refractivity contribution is 7.15. The van der Waals surface area contributed by atoms with E-state index in [9.17, 15) is 23.1 Å². The van der Waals surface area contributed by atoms with Gasteiger partial charge in [0, 0.05) is 19.4 Å². The normalized spacial score (nSPS) is 14.6. The zero-order valence-electron chi connectivity index (χ0n) is 11.5. The van der Waals surface area contributed by atoms with Gasteiger partial charge in [-0.15, -0.1) is 10.2 Å². The maximum atomic E-state index is 13.2. The molecule has 0 saturated carbocycles. The molecule has 2 N–H and O–H groups in total. The molecule has 1 amide bonds. The van der Waals surface area contributed by atoms with Gasteiger partial charge < -0.3 is 15.0 Å². The summed E-state index contributed by atoms with van der Waals surface area (Å²) in [6, 6.07) is 0. The first-order chi connectivity index (χ1) is 10.1. The van der Waals surface area contributed by atoms with Gasteiger partial charge in [0.05, 0.1) is 6.42 Å². The van der Waals surface area contributed by atoms with Crippen LogP contribution in [0.4, 0.5) is 18.3 Å². The van der Waals surface area contributed by atoms with Crippen LogP contribution in [0.3, 0.4) is 0 Å². The number of aromatic nitrogens is 4. The third-order valence-corrected chi connectivity index (χ3v) is 3.60. The molecule has 0 aromatic carbocycles. The zero-order valence-corrected chi connectivity index (χ0v) is 12.4. The summed E-state index contributed by atoms with van der Waals surface area (Å²) in [6.45, 7) is 1.63. The number of aryl methyl sites for hydroxylation is 2. The molecule has 0 aliphatic carbocycles. The largest absolute Gasteiger partial charge is 0.425 e. The number of hydrogen-bond donors (Lipinski definition) is 2. The minimum Gasteiger partial charge on any atom is -0.374 e. The van der Waals surface area contributed by atoms with Gasteiger partial charge in [0.15, 0.2) is 5.82 Å². The van der Waals surface area contributed by atoms with Crippen molar-refractivity contribution in [2.75, 3.05) is 5.32 Å². The fourth-order valence-electron chi connectivity index (χ4n) is 1.81. The highest BCUT2D eigenvalue weighted by atomic mass is 32.1. The van der Waals surface area contributed by atoms with Crippen molar-refractivity contribution >= 4 is 22.4 Å². The number of aliphatic hydroxyl groups is 1. The van der Waals surface area contributed by atoms with Crippen LogP contribution in [0.15, 0.2) is 12.4 Å². The number of carbonyl (C=O) groups excluding carboxylic acids is 1. The zero-order chi connectivity index (χ0) is 16.5. The summed E-state index contributed by atoms with van der Waals surface area (Å²) in [5.74, 6) is -1.71. The highest BCUT2D eigenvalue weighted by Gasteiger charge is 2.58. The fourth-order valence-corrected chi connectivity index (χ4v) is 2.42. The molecule has 11 heteroatoms. The highest BCUT2D eigenvalue weighted by Crippen LogP contribution is 2.40. The average Bonchev–Trinajstić information content (AvgIpc) is 2.96. The fraction of sp³-hybridized carbons (Fsp3) is 0.455. The Balaban J connectivity index is 2.24. The lowest BCUT2D eigenvalue weighted by molar-refractivity contribution is -0.270. The van der Waals surface area contributed by atoms with E-state index in [1.165, 1.54) is 13.2 Å². The summed E-state index contributed by atoms with van der Waals surface area (Å²) < 4.78 is 40.7. The number of halogens is 3. The van der Waals surface area contributed by atoms with Crippen molar-refractivity contribution in [3.05, 3.63) is 23.2 Å². The van der Waals surface area contributed by atoms with Crippen LogP contribution < -0.4 is 5.32 Å². The van der Waals surface area contributed by atoms with Gasteiger partial charge in [-0.2, -0.15) is 13.2 Å². The minimum atomic E-state index is -5.07. The molecule has 2 rings (SSSR count). The molecule has 2 aromatic rings. The van der Waals surface area contributed by atoms with E-state index in [1.807, 2.05) is 0 Å². The number of imidazole rings is 1. The number of rotatable bonds is 4. The number of alkyl halides is 3. The molecule has 2 aromatic heterocycles. The minimum absolute atomic E-state index is 0.0619. The van der Waals surface area contributed by atoms with Crippen molar-refractivity contribution in [3.63, 3.8) is 0 Å². The molecule has 0 aliphatic heterocycles. The first-order valence-corrected chi connectivity index (χ1v) is 6.82. The molecule has 2 heterocycles. The summed E-state index contributed by atoms with van der Waals surface area (Å²) in [5.41, 5.74) is -3.39. The van der Waals surface area contributed by atoms with E-state index in [2.05, 4.69) is 20.5 Å². The first kappa shape index (κ1) is 16.4. The Morgan fingerprint density at radius 3 is 2.59 bits per heavy atom. The topological polar surface area (TPSA) is 92.9 Å². The Bertz CT molecular complexity index is 683. The second kappa shape index (κ2) is 5.65. The van der Waals surface area contributed by atoms with E-state index < -0.39 is 29.9 Å². The maximum absolute atomic E-state index is 13.2. The molecule has 1 atom stereocenters. The smallest absolute Gasteiger partial charge is 0.374 e. The Kier molecular flexibility index (Phi) is 4.20. The van der Waals surface area contributed by atoms with Gasteiger partial charge in [-0.25, -0.2) is 4.98 Å². The van der Waals surface area contributed by atoms with Crippen molar-refractivity contribution in [3.8, 4) is 0 Å². The maximum Gasteiger partial charge on any atom is 0.425 e. The number of nitrogens with zero attached hydrogens (tertiary/aromatic N) is 4. The molecule has 120 valence electrons. The average molecular weight is 335 g/mol. The second-order valence-electron chi connectivity index (χ2n) is 4.57. The van der Waals surface area contributed by atoms with Crippen LogP contribution in [-0.2, 0) is 17.4 Å². The van der Waals surface area contributed by atoms with Crippen LogP contribution in [0.1, 0.15) is 17.3 Å². The van der Waals surface area contributed by atoms with Crippen molar-refractivity contribution < 1.29 is 23.1 Å².